The first-order chi connectivity index (χ1) is 7.93. The van der Waals surface area contributed by atoms with Crippen molar-refractivity contribution < 1.29 is 0 Å². The van der Waals surface area contributed by atoms with E-state index < -0.39 is 0 Å². The summed E-state index contributed by atoms with van der Waals surface area (Å²) in [5, 5.41) is 1.11. The number of nitrogens with zero attached hydrogens (tertiary/aromatic N) is 3. The van der Waals surface area contributed by atoms with Crippen LogP contribution in [0.25, 0.3) is 10.9 Å². The maximum absolute atomic E-state index is 4.68. The van der Waals surface area contributed by atoms with Crippen LogP contribution < -0.4 is 4.90 Å². The van der Waals surface area contributed by atoms with E-state index in [0.717, 1.165) is 29.8 Å². The van der Waals surface area contributed by atoms with E-state index in [1.165, 1.54) is 19.3 Å². The Morgan fingerprint density at radius 3 is 2.75 bits per heavy atom. The van der Waals surface area contributed by atoms with Crippen molar-refractivity contribution in [2.45, 2.75) is 19.3 Å². The molecule has 16 heavy (non-hydrogen) atoms. The van der Waals surface area contributed by atoms with Crippen LogP contribution in [-0.4, -0.2) is 23.1 Å². The van der Waals surface area contributed by atoms with E-state index in [-0.39, 0.29) is 0 Å². The Balaban J connectivity index is 1.97. The topological polar surface area (TPSA) is 29.0 Å². The lowest BCUT2D eigenvalue weighted by Gasteiger charge is -2.27. The maximum Gasteiger partial charge on any atom is 0.129 e. The molecule has 0 spiro atoms. The fourth-order valence-corrected chi connectivity index (χ4v) is 2.25. The molecule has 0 aromatic carbocycles. The monoisotopic (exact) mass is 213 g/mol. The van der Waals surface area contributed by atoms with Gasteiger partial charge in [-0.25, -0.2) is 4.98 Å². The van der Waals surface area contributed by atoms with Gasteiger partial charge in [0.1, 0.15) is 5.82 Å². The van der Waals surface area contributed by atoms with Gasteiger partial charge >= 0.3 is 0 Å². The van der Waals surface area contributed by atoms with Crippen molar-refractivity contribution in [2.24, 2.45) is 0 Å². The number of piperidine rings is 1. The van der Waals surface area contributed by atoms with Gasteiger partial charge in [-0.1, -0.05) is 0 Å². The maximum atomic E-state index is 4.68. The van der Waals surface area contributed by atoms with Gasteiger partial charge in [-0.15, -0.1) is 0 Å². The normalized spacial score (nSPS) is 16.6. The van der Waals surface area contributed by atoms with E-state index >= 15 is 0 Å². The first-order valence-electron chi connectivity index (χ1n) is 5.89. The highest BCUT2D eigenvalue weighted by Gasteiger charge is 2.11. The number of pyridine rings is 2. The molecular formula is C13H15N3. The summed E-state index contributed by atoms with van der Waals surface area (Å²) in [5.74, 6) is 1.11. The van der Waals surface area contributed by atoms with E-state index in [0.29, 0.717) is 0 Å². The third kappa shape index (κ3) is 1.73. The average Bonchev–Trinajstić information content (AvgIpc) is 2.39. The SMILES string of the molecule is c1cc2nc(N3CCCCC3)ccc2cn1. The van der Waals surface area contributed by atoms with Crippen LogP contribution in [-0.2, 0) is 0 Å². The molecule has 0 atom stereocenters. The summed E-state index contributed by atoms with van der Waals surface area (Å²) in [6, 6.07) is 6.19. The summed E-state index contributed by atoms with van der Waals surface area (Å²) >= 11 is 0. The Bertz CT molecular complexity index is 489. The zero-order chi connectivity index (χ0) is 10.8. The number of hydrogen-bond acceptors (Lipinski definition) is 3. The Morgan fingerprint density at radius 2 is 1.88 bits per heavy atom. The highest BCUT2D eigenvalue weighted by atomic mass is 15.2. The molecule has 0 amide bonds. The minimum atomic E-state index is 1.04. The van der Waals surface area contributed by atoms with Gasteiger partial charge in [0.25, 0.3) is 0 Å². The number of rotatable bonds is 1. The van der Waals surface area contributed by atoms with Gasteiger partial charge < -0.3 is 4.90 Å². The van der Waals surface area contributed by atoms with Crippen LogP contribution in [0.3, 0.4) is 0 Å². The smallest absolute Gasteiger partial charge is 0.129 e. The summed E-state index contributed by atoms with van der Waals surface area (Å²) in [7, 11) is 0. The lowest BCUT2D eigenvalue weighted by Crippen LogP contribution is -2.30. The van der Waals surface area contributed by atoms with Crippen LogP contribution in [0, 0.1) is 0 Å². The second-order valence-electron chi connectivity index (χ2n) is 4.29. The van der Waals surface area contributed by atoms with E-state index in [2.05, 4.69) is 27.0 Å². The molecule has 0 bridgehead atoms. The molecule has 0 aliphatic carbocycles. The Labute approximate surface area is 95.1 Å². The molecule has 0 unspecified atom stereocenters. The molecule has 1 aliphatic rings. The highest BCUT2D eigenvalue weighted by Crippen LogP contribution is 2.20. The zero-order valence-corrected chi connectivity index (χ0v) is 9.26. The molecule has 82 valence electrons. The van der Waals surface area contributed by atoms with E-state index in [1.54, 1.807) is 6.20 Å². The minimum absolute atomic E-state index is 1.04. The highest BCUT2D eigenvalue weighted by molar-refractivity contribution is 5.79. The van der Waals surface area contributed by atoms with Crippen molar-refractivity contribution in [1.82, 2.24) is 9.97 Å². The van der Waals surface area contributed by atoms with Crippen LogP contribution in [0.4, 0.5) is 5.82 Å². The third-order valence-corrected chi connectivity index (χ3v) is 3.15. The van der Waals surface area contributed by atoms with Crippen LogP contribution in [0.15, 0.2) is 30.6 Å². The molecule has 1 fully saturated rings. The predicted octanol–water partition coefficient (Wildman–Crippen LogP) is 2.62. The lowest BCUT2D eigenvalue weighted by molar-refractivity contribution is 0.574. The summed E-state index contributed by atoms with van der Waals surface area (Å²) in [6.07, 6.45) is 7.60. The molecule has 3 rings (SSSR count). The molecule has 3 heteroatoms. The Kier molecular flexibility index (Phi) is 2.44. The molecular weight excluding hydrogens is 198 g/mol. The Morgan fingerprint density at radius 1 is 1.00 bits per heavy atom. The first-order valence-corrected chi connectivity index (χ1v) is 5.89. The summed E-state index contributed by atoms with van der Waals surface area (Å²) < 4.78 is 0. The van der Waals surface area contributed by atoms with Crippen LogP contribution in [0.2, 0.25) is 0 Å². The fraction of sp³-hybridized carbons (Fsp3) is 0.385. The van der Waals surface area contributed by atoms with Gasteiger partial charge in [0.2, 0.25) is 0 Å². The van der Waals surface area contributed by atoms with Crippen molar-refractivity contribution in [3.63, 3.8) is 0 Å². The van der Waals surface area contributed by atoms with Crippen molar-refractivity contribution in [2.75, 3.05) is 18.0 Å². The van der Waals surface area contributed by atoms with E-state index in [1.807, 2.05) is 12.3 Å². The van der Waals surface area contributed by atoms with Crippen LogP contribution in [0.5, 0.6) is 0 Å². The number of hydrogen-bond donors (Lipinski definition) is 0. The summed E-state index contributed by atoms with van der Waals surface area (Å²) in [4.78, 5) is 11.2. The van der Waals surface area contributed by atoms with Crippen LogP contribution >= 0.6 is 0 Å². The molecule has 2 aromatic rings. The zero-order valence-electron chi connectivity index (χ0n) is 9.26. The second kappa shape index (κ2) is 4.08. The first kappa shape index (κ1) is 9.58. The average molecular weight is 213 g/mol. The van der Waals surface area contributed by atoms with Crippen molar-refractivity contribution >= 4 is 16.7 Å². The summed E-state index contributed by atoms with van der Waals surface area (Å²) in [6.45, 7) is 2.28. The molecule has 1 aliphatic heterocycles. The molecule has 3 nitrogen and oxygen atoms in total. The summed E-state index contributed by atoms with van der Waals surface area (Å²) in [5.41, 5.74) is 1.04. The van der Waals surface area contributed by atoms with Gasteiger partial charge in [-0.2, -0.15) is 0 Å². The van der Waals surface area contributed by atoms with Crippen molar-refractivity contribution in [3.05, 3.63) is 30.6 Å². The molecule has 0 N–H and O–H groups in total. The van der Waals surface area contributed by atoms with E-state index in [9.17, 15) is 0 Å². The van der Waals surface area contributed by atoms with Gasteiger partial charge in [-0.05, 0) is 37.5 Å². The molecule has 0 radical (unpaired) electrons. The van der Waals surface area contributed by atoms with Gasteiger partial charge in [0.05, 0.1) is 5.52 Å². The number of anilines is 1. The largest absolute Gasteiger partial charge is 0.357 e. The number of fused-ring (bicyclic) bond motifs is 1. The van der Waals surface area contributed by atoms with Gasteiger partial charge in [-0.3, -0.25) is 4.98 Å². The quantitative estimate of drug-likeness (QED) is 0.729. The van der Waals surface area contributed by atoms with Gasteiger partial charge in [0.15, 0.2) is 0 Å². The molecule has 3 heterocycles. The van der Waals surface area contributed by atoms with Gasteiger partial charge in [0, 0.05) is 30.9 Å². The molecule has 0 saturated carbocycles. The van der Waals surface area contributed by atoms with E-state index in [4.69, 9.17) is 0 Å². The van der Waals surface area contributed by atoms with Crippen molar-refractivity contribution in [3.8, 4) is 0 Å². The predicted molar refractivity (Wildman–Crippen MR) is 65.6 cm³/mol. The second-order valence-corrected chi connectivity index (χ2v) is 4.29. The third-order valence-electron chi connectivity index (χ3n) is 3.15. The molecule has 1 saturated heterocycles. The fourth-order valence-electron chi connectivity index (χ4n) is 2.25. The Hall–Kier alpha value is -1.64. The molecule has 2 aromatic heterocycles. The van der Waals surface area contributed by atoms with Crippen molar-refractivity contribution in [1.29, 1.82) is 0 Å². The van der Waals surface area contributed by atoms with Crippen LogP contribution in [0.1, 0.15) is 19.3 Å². The lowest BCUT2D eigenvalue weighted by atomic mass is 10.1. The standard InChI is InChI=1S/C13H15N3/c1-2-8-16(9-3-1)13-5-4-11-10-14-7-6-12(11)15-13/h4-7,10H,1-3,8-9H2. The minimum Gasteiger partial charge on any atom is -0.357 e. The number of aromatic nitrogens is 2.